The molecule has 2 N–H and O–H groups in total. The topological polar surface area (TPSA) is 53.1 Å². The minimum Gasteiger partial charge on any atom is -0.496 e. The maximum Gasteiger partial charge on any atom is 0.128 e. The first-order valence-corrected chi connectivity index (χ1v) is 6.68. The van der Waals surface area contributed by atoms with Crippen LogP contribution >= 0.6 is 0 Å². The van der Waals surface area contributed by atoms with Crippen LogP contribution < -0.4 is 10.5 Å². The number of hydrogen-bond acceptors (Lipinski definition) is 3. The maximum atomic E-state index is 6.12. The van der Waals surface area contributed by atoms with Gasteiger partial charge in [-0.1, -0.05) is 12.1 Å². The predicted octanol–water partition coefficient (Wildman–Crippen LogP) is 3.11. The van der Waals surface area contributed by atoms with Crippen molar-refractivity contribution < 1.29 is 4.74 Å². The van der Waals surface area contributed by atoms with Gasteiger partial charge in [0.25, 0.3) is 0 Å². The molecule has 0 radical (unpaired) electrons. The Bertz CT molecular complexity index is 587. The van der Waals surface area contributed by atoms with Gasteiger partial charge >= 0.3 is 0 Å². The molecule has 1 aromatic carbocycles. The molecule has 100 valence electrons. The van der Waals surface area contributed by atoms with E-state index in [1.54, 1.807) is 7.11 Å². The Hall–Kier alpha value is -1.97. The van der Waals surface area contributed by atoms with Gasteiger partial charge in [0.15, 0.2) is 0 Å². The fraction of sp³-hybridized carbons (Fsp3) is 0.400. The number of nitrogens with two attached hydrogens (primary N) is 1. The molecule has 1 saturated carbocycles. The van der Waals surface area contributed by atoms with Crippen molar-refractivity contribution in [3.05, 3.63) is 30.5 Å². The Morgan fingerprint density at radius 1 is 1.37 bits per heavy atom. The molecular weight excluding hydrogens is 238 g/mol. The third kappa shape index (κ3) is 2.18. The fourth-order valence-electron chi connectivity index (χ4n) is 2.46. The highest BCUT2D eigenvalue weighted by Gasteiger charge is 2.30. The van der Waals surface area contributed by atoms with Crippen molar-refractivity contribution >= 4 is 5.69 Å². The highest BCUT2D eigenvalue weighted by molar-refractivity contribution is 5.76. The molecule has 3 rings (SSSR count). The number of para-hydroxylation sites is 1. The molecule has 1 aliphatic rings. The Balaban J connectivity index is 2.00. The van der Waals surface area contributed by atoms with Crippen LogP contribution in [0.3, 0.4) is 0 Å². The molecule has 2 aromatic rings. The van der Waals surface area contributed by atoms with Crippen LogP contribution in [0, 0.1) is 5.92 Å². The van der Waals surface area contributed by atoms with Gasteiger partial charge in [0.1, 0.15) is 11.4 Å². The number of ether oxygens (including phenoxy) is 1. The first-order valence-electron chi connectivity index (χ1n) is 6.68. The lowest BCUT2D eigenvalue weighted by Crippen LogP contribution is -2.07. The van der Waals surface area contributed by atoms with E-state index in [0.29, 0.717) is 11.7 Å². The zero-order valence-electron chi connectivity index (χ0n) is 11.3. The highest BCUT2D eigenvalue weighted by atomic mass is 16.5. The molecule has 4 nitrogen and oxygen atoms in total. The van der Waals surface area contributed by atoms with Crippen LogP contribution in [-0.2, 0) is 0 Å². The van der Waals surface area contributed by atoms with Crippen molar-refractivity contribution in [2.45, 2.75) is 25.8 Å². The monoisotopic (exact) mass is 257 g/mol. The van der Waals surface area contributed by atoms with Crippen LogP contribution in [0.1, 0.15) is 25.8 Å². The van der Waals surface area contributed by atoms with E-state index in [-0.39, 0.29) is 0 Å². The average Bonchev–Trinajstić information content (AvgIpc) is 3.21. The molecule has 1 atom stereocenters. The number of aromatic nitrogens is 2. The first-order chi connectivity index (χ1) is 9.20. The van der Waals surface area contributed by atoms with Crippen molar-refractivity contribution in [2.24, 2.45) is 5.92 Å². The lowest BCUT2D eigenvalue weighted by Gasteiger charge is -2.10. The molecule has 0 aliphatic heterocycles. The second kappa shape index (κ2) is 4.61. The van der Waals surface area contributed by atoms with E-state index < -0.39 is 0 Å². The highest BCUT2D eigenvalue weighted by Crippen LogP contribution is 2.40. The average molecular weight is 257 g/mol. The van der Waals surface area contributed by atoms with Crippen LogP contribution in [0.25, 0.3) is 11.3 Å². The van der Waals surface area contributed by atoms with Crippen molar-refractivity contribution in [3.63, 3.8) is 0 Å². The Kier molecular flexibility index (Phi) is 2.93. The van der Waals surface area contributed by atoms with Gasteiger partial charge in [0, 0.05) is 11.8 Å². The van der Waals surface area contributed by atoms with Gasteiger partial charge in [-0.15, -0.1) is 0 Å². The molecule has 4 heteroatoms. The van der Waals surface area contributed by atoms with Gasteiger partial charge in [-0.05, 0) is 37.8 Å². The second-order valence-electron chi connectivity index (χ2n) is 5.19. The molecule has 1 aliphatic carbocycles. The molecule has 0 spiro atoms. The largest absolute Gasteiger partial charge is 0.496 e. The van der Waals surface area contributed by atoms with Crippen LogP contribution in [0.5, 0.6) is 5.75 Å². The fourth-order valence-corrected chi connectivity index (χ4v) is 2.46. The number of nitrogens with zero attached hydrogens (tertiary/aromatic N) is 2. The van der Waals surface area contributed by atoms with Gasteiger partial charge in [-0.25, -0.2) is 0 Å². The summed E-state index contributed by atoms with van der Waals surface area (Å²) < 4.78 is 7.37. The smallest absolute Gasteiger partial charge is 0.128 e. The van der Waals surface area contributed by atoms with Crippen molar-refractivity contribution in [3.8, 4) is 17.0 Å². The lowest BCUT2D eigenvalue weighted by atomic mass is 10.1. The summed E-state index contributed by atoms with van der Waals surface area (Å²) in [4.78, 5) is 0. The van der Waals surface area contributed by atoms with Gasteiger partial charge in [-0.3, -0.25) is 4.68 Å². The molecule has 0 amide bonds. The normalized spacial score (nSPS) is 16.3. The van der Waals surface area contributed by atoms with Gasteiger partial charge in [-0.2, -0.15) is 5.10 Å². The molecule has 1 aromatic heterocycles. The summed E-state index contributed by atoms with van der Waals surface area (Å²) in [6, 6.07) is 8.26. The maximum absolute atomic E-state index is 6.12. The SMILES string of the molecule is COc1ccccc1-c1nn(C(C)C2CC2)cc1N. The number of rotatable bonds is 4. The molecule has 19 heavy (non-hydrogen) atoms. The molecule has 1 unspecified atom stereocenters. The quantitative estimate of drug-likeness (QED) is 0.915. The first kappa shape index (κ1) is 12.1. The van der Waals surface area contributed by atoms with Crippen LogP contribution in [0.2, 0.25) is 0 Å². The van der Waals surface area contributed by atoms with E-state index in [2.05, 4.69) is 12.0 Å². The van der Waals surface area contributed by atoms with Crippen LogP contribution in [-0.4, -0.2) is 16.9 Å². The molecule has 0 saturated heterocycles. The third-order valence-electron chi connectivity index (χ3n) is 3.84. The number of nitrogen functional groups attached to an aromatic ring is 1. The lowest BCUT2D eigenvalue weighted by molar-refractivity contribution is 0.415. The summed E-state index contributed by atoms with van der Waals surface area (Å²) in [6.07, 6.45) is 4.53. The summed E-state index contributed by atoms with van der Waals surface area (Å²) in [5.41, 5.74) is 8.58. The molecule has 1 fully saturated rings. The number of anilines is 1. The van der Waals surface area contributed by atoms with Crippen molar-refractivity contribution in [1.82, 2.24) is 9.78 Å². The van der Waals surface area contributed by atoms with Gasteiger partial charge < -0.3 is 10.5 Å². The summed E-state index contributed by atoms with van der Waals surface area (Å²) in [5.74, 6) is 1.56. The van der Waals surface area contributed by atoms with E-state index in [0.717, 1.165) is 22.9 Å². The zero-order valence-corrected chi connectivity index (χ0v) is 11.3. The van der Waals surface area contributed by atoms with E-state index in [4.69, 9.17) is 10.5 Å². The molecular formula is C15H19N3O. The Labute approximate surface area is 113 Å². The molecule has 0 bridgehead atoms. The predicted molar refractivity (Wildman–Crippen MR) is 76.1 cm³/mol. The summed E-state index contributed by atoms with van der Waals surface area (Å²) >= 11 is 0. The van der Waals surface area contributed by atoms with Gasteiger partial charge in [0.2, 0.25) is 0 Å². The minimum absolute atomic E-state index is 0.422. The van der Waals surface area contributed by atoms with E-state index in [1.165, 1.54) is 12.8 Å². The van der Waals surface area contributed by atoms with Crippen LogP contribution in [0.15, 0.2) is 30.5 Å². The number of benzene rings is 1. The zero-order chi connectivity index (χ0) is 13.4. The van der Waals surface area contributed by atoms with Crippen molar-refractivity contribution in [1.29, 1.82) is 0 Å². The number of methoxy groups -OCH3 is 1. The summed E-state index contributed by atoms with van der Waals surface area (Å²) in [6.45, 7) is 2.20. The third-order valence-corrected chi connectivity index (χ3v) is 3.84. The molecule has 1 heterocycles. The Morgan fingerprint density at radius 3 is 2.79 bits per heavy atom. The minimum atomic E-state index is 0.422. The summed E-state index contributed by atoms with van der Waals surface area (Å²) in [5, 5.41) is 4.66. The van der Waals surface area contributed by atoms with Gasteiger partial charge in [0.05, 0.1) is 18.8 Å². The van der Waals surface area contributed by atoms with Crippen molar-refractivity contribution in [2.75, 3.05) is 12.8 Å². The van der Waals surface area contributed by atoms with E-state index in [9.17, 15) is 0 Å². The number of hydrogen-bond donors (Lipinski definition) is 1. The standard InChI is InChI=1S/C15H19N3O/c1-10(11-7-8-11)18-9-13(16)15(17-18)12-5-3-4-6-14(12)19-2/h3-6,9-11H,7-8,16H2,1-2H3. The summed E-state index contributed by atoms with van der Waals surface area (Å²) in [7, 11) is 1.67. The Morgan fingerprint density at radius 2 is 2.11 bits per heavy atom. The van der Waals surface area contributed by atoms with E-state index in [1.807, 2.05) is 35.1 Å². The second-order valence-corrected chi connectivity index (χ2v) is 5.19. The van der Waals surface area contributed by atoms with E-state index >= 15 is 0 Å². The van der Waals surface area contributed by atoms with Crippen LogP contribution in [0.4, 0.5) is 5.69 Å².